The van der Waals surface area contributed by atoms with Crippen molar-refractivity contribution >= 4 is 22.6 Å². The van der Waals surface area contributed by atoms with Gasteiger partial charge in [0.15, 0.2) is 17.3 Å². The molecule has 19 heavy (non-hydrogen) atoms. The zero-order chi connectivity index (χ0) is 13.6. The number of H-pyrrole nitrogens is 1. The predicted molar refractivity (Wildman–Crippen MR) is 66.8 cm³/mol. The molecule has 0 amide bonds. The number of hydrogen-bond donors (Lipinski definition) is 1. The van der Waals surface area contributed by atoms with E-state index in [1.54, 1.807) is 0 Å². The van der Waals surface area contributed by atoms with E-state index in [1.165, 1.54) is 25.3 Å². The molecule has 0 bridgehead atoms. The third-order valence-corrected chi connectivity index (χ3v) is 2.98. The molecule has 0 radical (unpaired) electrons. The molecule has 0 aliphatic rings. The van der Waals surface area contributed by atoms with E-state index in [2.05, 4.69) is 20.2 Å². The largest absolute Gasteiger partial charge is 0.261 e. The Morgan fingerprint density at radius 3 is 2.74 bits per heavy atom. The topological polar surface area (TPSA) is 54.5 Å². The first-order valence-corrected chi connectivity index (χ1v) is 5.77. The lowest BCUT2D eigenvalue weighted by atomic mass is 10.1. The molecule has 3 aromatic rings. The van der Waals surface area contributed by atoms with E-state index >= 15 is 0 Å². The summed E-state index contributed by atoms with van der Waals surface area (Å²) in [6.45, 7) is 1.49. The number of aromatic amines is 1. The van der Waals surface area contributed by atoms with Gasteiger partial charge in [0.2, 0.25) is 5.28 Å². The van der Waals surface area contributed by atoms with Gasteiger partial charge < -0.3 is 0 Å². The van der Waals surface area contributed by atoms with Crippen molar-refractivity contribution < 1.29 is 8.78 Å². The monoisotopic (exact) mass is 280 g/mol. The molecular formula is C12H7ClF2N4. The van der Waals surface area contributed by atoms with Crippen molar-refractivity contribution in [3.05, 3.63) is 40.8 Å². The Balaban J connectivity index is 2.36. The average molecular weight is 281 g/mol. The van der Waals surface area contributed by atoms with Crippen LogP contribution >= 0.6 is 11.6 Å². The van der Waals surface area contributed by atoms with Gasteiger partial charge in [-0.2, -0.15) is 10.1 Å². The molecule has 7 heteroatoms. The van der Waals surface area contributed by atoms with E-state index in [0.29, 0.717) is 11.0 Å². The highest BCUT2D eigenvalue weighted by molar-refractivity contribution is 6.28. The second kappa shape index (κ2) is 4.24. The van der Waals surface area contributed by atoms with Crippen LogP contribution < -0.4 is 0 Å². The van der Waals surface area contributed by atoms with Crippen LogP contribution in [0.15, 0.2) is 18.3 Å². The van der Waals surface area contributed by atoms with Gasteiger partial charge in [0.05, 0.1) is 17.3 Å². The van der Waals surface area contributed by atoms with Crippen molar-refractivity contribution in [2.24, 2.45) is 0 Å². The molecule has 0 fully saturated rings. The van der Waals surface area contributed by atoms with E-state index in [4.69, 9.17) is 11.6 Å². The van der Waals surface area contributed by atoms with Gasteiger partial charge in [0.25, 0.3) is 0 Å². The smallest absolute Gasteiger partial charge is 0.224 e. The van der Waals surface area contributed by atoms with E-state index < -0.39 is 11.6 Å². The van der Waals surface area contributed by atoms with Crippen LogP contribution in [0.4, 0.5) is 8.78 Å². The molecule has 0 atom stereocenters. The molecule has 2 heterocycles. The van der Waals surface area contributed by atoms with Crippen LogP contribution in [0.1, 0.15) is 5.56 Å². The summed E-state index contributed by atoms with van der Waals surface area (Å²) < 4.78 is 27.6. The fourth-order valence-electron chi connectivity index (χ4n) is 1.84. The van der Waals surface area contributed by atoms with Crippen LogP contribution in [0, 0.1) is 18.6 Å². The van der Waals surface area contributed by atoms with Crippen LogP contribution in [0.2, 0.25) is 5.28 Å². The predicted octanol–water partition coefficient (Wildman–Crippen LogP) is 3.26. The molecule has 0 spiro atoms. The molecule has 1 N–H and O–H groups in total. The van der Waals surface area contributed by atoms with Gasteiger partial charge in [0, 0.05) is 5.56 Å². The van der Waals surface area contributed by atoms with Crippen molar-refractivity contribution in [2.75, 3.05) is 0 Å². The zero-order valence-corrected chi connectivity index (χ0v) is 10.5. The number of hydrogen-bond acceptors (Lipinski definition) is 3. The van der Waals surface area contributed by atoms with Crippen molar-refractivity contribution in [1.29, 1.82) is 0 Å². The SMILES string of the molecule is Cc1ccc(-c2nc(Cl)nc3[nH]ncc23)c(F)c1F. The summed E-state index contributed by atoms with van der Waals surface area (Å²) in [5, 5.41) is 6.83. The van der Waals surface area contributed by atoms with Crippen LogP contribution in [0.5, 0.6) is 0 Å². The maximum absolute atomic E-state index is 14.0. The summed E-state index contributed by atoms with van der Waals surface area (Å²) in [4.78, 5) is 7.87. The average Bonchev–Trinajstić information content (AvgIpc) is 2.83. The van der Waals surface area contributed by atoms with Gasteiger partial charge >= 0.3 is 0 Å². The normalized spacial score (nSPS) is 11.2. The molecule has 3 rings (SSSR count). The molecule has 0 unspecified atom stereocenters. The third-order valence-electron chi connectivity index (χ3n) is 2.81. The first-order chi connectivity index (χ1) is 9.08. The number of fused-ring (bicyclic) bond motifs is 1. The minimum Gasteiger partial charge on any atom is -0.261 e. The third kappa shape index (κ3) is 1.84. The maximum atomic E-state index is 14.0. The second-order valence-electron chi connectivity index (χ2n) is 4.03. The van der Waals surface area contributed by atoms with Gasteiger partial charge in [-0.05, 0) is 30.2 Å². The fraction of sp³-hybridized carbons (Fsp3) is 0.0833. The molecule has 0 aliphatic heterocycles. The number of nitrogens with one attached hydrogen (secondary N) is 1. The quantitative estimate of drug-likeness (QED) is 0.696. The Bertz CT molecular complexity index is 785. The summed E-state index contributed by atoms with van der Waals surface area (Å²) in [5.74, 6) is -1.86. The number of aryl methyl sites for hydroxylation is 1. The lowest BCUT2D eigenvalue weighted by Gasteiger charge is -2.06. The highest BCUT2D eigenvalue weighted by Gasteiger charge is 2.17. The minimum atomic E-state index is -0.961. The van der Waals surface area contributed by atoms with Crippen LogP contribution in [-0.4, -0.2) is 20.2 Å². The Morgan fingerprint density at radius 1 is 1.16 bits per heavy atom. The molecular weight excluding hydrogens is 274 g/mol. The van der Waals surface area contributed by atoms with Crippen LogP contribution in [0.3, 0.4) is 0 Å². The lowest BCUT2D eigenvalue weighted by Crippen LogP contribution is -1.96. The van der Waals surface area contributed by atoms with Gasteiger partial charge in [-0.15, -0.1) is 0 Å². The van der Waals surface area contributed by atoms with E-state index in [-0.39, 0.29) is 22.1 Å². The molecule has 0 saturated heterocycles. The van der Waals surface area contributed by atoms with Crippen LogP contribution in [-0.2, 0) is 0 Å². The number of benzene rings is 1. The van der Waals surface area contributed by atoms with Crippen LogP contribution in [0.25, 0.3) is 22.3 Å². The molecule has 2 aromatic heterocycles. The summed E-state index contributed by atoms with van der Waals surface area (Å²) in [5.41, 5.74) is 0.833. The molecule has 4 nitrogen and oxygen atoms in total. The first-order valence-electron chi connectivity index (χ1n) is 5.39. The molecule has 0 aliphatic carbocycles. The standard InChI is InChI=1S/C12H7ClF2N4/c1-5-2-3-6(9(15)8(5)14)10-7-4-16-19-11(7)18-12(13)17-10/h2-4H,1H3,(H,16,17,18,19). The van der Waals surface area contributed by atoms with Crippen molar-refractivity contribution in [2.45, 2.75) is 6.92 Å². The second-order valence-corrected chi connectivity index (χ2v) is 4.37. The fourth-order valence-corrected chi connectivity index (χ4v) is 2.01. The minimum absolute atomic E-state index is 0.0267. The summed E-state index contributed by atoms with van der Waals surface area (Å²) in [6, 6.07) is 2.94. The van der Waals surface area contributed by atoms with Gasteiger partial charge in [0.1, 0.15) is 0 Å². The Morgan fingerprint density at radius 2 is 1.95 bits per heavy atom. The summed E-state index contributed by atoms with van der Waals surface area (Å²) in [7, 11) is 0. The lowest BCUT2D eigenvalue weighted by molar-refractivity contribution is 0.505. The summed E-state index contributed by atoms with van der Waals surface area (Å²) in [6.07, 6.45) is 1.44. The number of aromatic nitrogens is 4. The van der Waals surface area contributed by atoms with Gasteiger partial charge in [-0.1, -0.05) is 6.07 Å². The zero-order valence-electron chi connectivity index (χ0n) is 9.71. The summed E-state index contributed by atoms with van der Waals surface area (Å²) >= 11 is 5.77. The first kappa shape index (κ1) is 12.0. The van der Waals surface area contributed by atoms with E-state index in [1.807, 2.05) is 0 Å². The number of rotatable bonds is 1. The Kier molecular flexibility index (Phi) is 2.67. The Labute approximate surface area is 111 Å². The number of nitrogens with zero attached hydrogens (tertiary/aromatic N) is 3. The highest BCUT2D eigenvalue weighted by atomic mass is 35.5. The Hall–Kier alpha value is -2.08. The highest BCUT2D eigenvalue weighted by Crippen LogP contribution is 2.30. The van der Waals surface area contributed by atoms with Crippen molar-refractivity contribution in [3.63, 3.8) is 0 Å². The van der Waals surface area contributed by atoms with Crippen molar-refractivity contribution in [1.82, 2.24) is 20.2 Å². The molecule has 96 valence electrons. The molecule has 1 aromatic carbocycles. The molecule has 0 saturated carbocycles. The van der Waals surface area contributed by atoms with E-state index in [9.17, 15) is 8.78 Å². The van der Waals surface area contributed by atoms with E-state index in [0.717, 1.165) is 0 Å². The van der Waals surface area contributed by atoms with Gasteiger partial charge in [-0.25, -0.2) is 13.8 Å². The van der Waals surface area contributed by atoms with Crippen molar-refractivity contribution in [3.8, 4) is 11.3 Å². The number of halogens is 3. The maximum Gasteiger partial charge on any atom is 0.224 e. The van der Waals surface area contributed by atoms with Gasteiger partial charge in [-0.3, -0.25) is 5.10 Å².